The SMILES string of the molecule is O=C(C[NH+]1CC[NH+](Cc2ccccc2Cl)CC1)NN=Cc1ccc(Br)cc1. The standard InChI is InChI=1S/C20H22BrClN4O/c21-18-7-5-16(6-8-18)13-23-24-20(27)15-26-11-9-25(10-12-26)14-17-3-1-2-4-19(17)22/h1-8,13H,9-12,14-15H2,(H,24,27)/p+2. The Labute approximate surface area is 173 Å². The first-order chi connectivity index (χ1) is 13.1. The lowest BCUT2D eigenvalue weighted by molar-refractivity contribution is -1.02. The number of carbonyl (C=O) groups excluding carboxylic acids is 1. The minimum absolute atomic E-state index is 0.0482. The van der Waals surface area contributed by atoms with E-state index < -0.39 is 0 Å². The third-order valence-corrected chi connectivity index (χ3v) is 5.64. The van der Waals surface area contributed by atoms with Gasteiger partial charge in [0.15, 0.2) is 6.54 Å². The van der Waals surface area contributed by atoms with Gasteiger partial charge in [-0.3, -0.25) is 4.79 Å². The second kappa shape index (κ2) is 9.99. The van der Waals surface area contributed by atoms with Gasteiger partial charge >= 0.3 is 0 Å². The van der Waals surface area contributed by atoms with Crippen molar-refractivity contribution in [1.29, 1.82) is 0 Å². The number of hydrogen-bond acceptors (Lipinski definition) is 2. The first kappa shape index (κ1) is 20.0. The average Bonchev–Trinajstić information content (AvgIpc) is 2.67. The number of piperazine rings is 1. The molecular formula is C20H24BrClN4O+2. The molecule has 1 amide bonds. The molecule has 0 radical (unpaired) electrons. The van der Waals surface area contributed by atoms with Gasteiger partial charge in [-0.05, 0) is 23.8 Å². The molecule has 0 spiro atoms. The zero-order chi connectivity index (χ0) is 19.1. The number of hydrogen-bond donors (Lipinski definition) is 3. The molecule has 0 bridgehead atoms. The zero-order valence-electron chi connectivity index (χ0n) is 15.1. The van der Waals surface area contributed by atoms with Crippen molar-refractivity contribution < 1.29 is 14.6 Å². The molecule has 0 saturated carbocycles. The molecule has 27 heavy (non-hydrogen) atoms. The van der Waals surface area contributed by atoms with Crippen molar-refractivity contribution in [3.05, 3.63) is 69.2 Å². The van der Waals surface area contributed by atoms with Crippen LogP contribution in [0.4, 0.5) is 0 Å². The van der Waals surface area contributed by atoms with Gasteiger partial charge in [-0.25, -0.2) is 5.43 Å². The van der Waals surface area contributed by atoms with Crippen molar-refractivity contribution in [2.75, 3.05) is 32.7 Å². The number of carbonyl (C=O) groups is 1. The number of hydrazone groups is 1. The van der Waals surface area contributed by atoms with Crippen LogP contribution in [0.25, 0.3) is 0 Å². The summed E-state index contributed by atoms with van der Waals surface area (Å²) in [5.74, 6) is -0.0482. The van der Waals surface area contributed by atoms with E-state index in [1.165, 1.54) is 15.4 Å². The Balaban J connectivity index is 1.39. The molecule has 0 atom stereocenters. The quantitative estimate of drug-likeness (QED) is 0.436. The van der Waals surface area contributed by atoms with Crippen molar-refractivity contribution in [2.24, 2.45) is 5.10 Å². The van der Waals surface area contributed by atoms with E-state index in [0.717, 1.165) is 47.8 Å². The highest BCUT2D eigenvalue weighted by Gasteiger charge is 2.25. The summed E-state index contributed by atoms with van der Waals surface area (Å²) in [5.41, 5.74) is 4.76. The molecule has 5 nitrogen and oxygen atoms in total. The summed E-state index contributed by atoms with van der Waals surface area (Å²) in [6, 6.07) is 15.8. The Morgan fingerprint density at radius 1 is 1.07 bits per heavy atom. The summed E-state index contributed by atoms with van der Waals surface area (Å²) in [7, 11) is 0. The number of halogens is 2. The second-order valence-corrected chi connectivity index (χ2v) is 8.11. The third kappa shape index (κ3) is 6.43. The Hall–Kier alpha value is -1.73. The molecule has 1 aliphatic heterocycles. The van der Waals surface area contributed by atoms with Gasteiger partial charge in [0, 0.05) is 15.1 Å². The Bertz CT molecular complexity index is 789. The van der Waals surface area contributed by atoms with Crippen LogP contribution < -0.4 is 15.2 Å². The number of nitrogens with zero attached hydrogens (tertiary/aromatic N) is 1. The van der Waals surface area contributed by atoms with Crippen LogP contribution in [-0.4, -0.2) is 44.8 Å². The third-order valence-electron chi connectivity index (χ3n) is 4.75. The minimum atomic E-state index is -0.0482. The largest absolute Gasteiger partial charge is 0.322 e. The lowest BCUT2D eigenvalue weighted by atomic mass is 10.2. The van der Waals surface area contributed by atoms with Crippen molar-refractivity contribution in [3.8, 4) is 0 Å². The number of rotatable bonds is 6. The summed E-state index contributed by atoms with van der Waals surface area (Å²) in [6.07, 6.45) is 1.66. The highest BCUT2D eigenvalue weighted by Crippen LogP contribution is 2.13. The Morgan fingerprint density at radius 2 is 1.74 bits per heavy atom. The molecule has 3 N–H and O–H groups in total. The normalized spacial score (nSPS) is 19.9. The van der Waals surface area contributed by atoms with Gasteiger partial charge < -0.3 is 9.80 Å². The first-order valence-electron chi connectivity index (χ1n) is 9.08. The second-order valence-electron chi connectivity index (χ2n) is 6.79. The van der Waals surface area contributed by atoms with E-state index in [1.807, 2.05) is 42.5 Å². The molecule has 7 heteroatoms. The molecule has 1 aliphatic rings. The van der Waals surface area contributed by atoms with E-state index in [4.69, 9.17) is 11.6 Å². The molecule has 2 aromatic rings. The van der Waals surface area contributed by atoms with Crippen LogP contribution in [0, 0.1) is 0 Å². The van der Waals surface area contributed by atoms with Gasteiger partial charge in [0.1, 0.15) is 32.7 Å². The van der Waals surface area contributed by atoms with Crippen molar-refractivity contribution in [3.63, 3.8) is 0 Å². The molecular weight excluding hydrogens is 428 g/mol. The monoisotopic (exact) mass is 450 g/mol. The minimum Gasteiger partial charge on any atom is -0.322 e. The highest BCUT2D eigenvalue weighted by atomic mass is 79.9. The fourth-order valence-corrected chi connectivity index (χ4v) is 3.68. The van der Waals surface area contributed by atoms with Crippen LogP contribution in [-0.2, 0) is 11.3 Å². The van der Waals surface area contributed by atoms with Gasteiger partial charge in [-0.2, -0.15) is 5.10 Å². The maximum atomic E-state index is 12.1. The molecule has 0 aliphatic carbocycles. The van der Waals surface area contributed by atoms with E-state index in [0.29, 0.717) is 6.54 Å². The number of amides is 1. The molecule has 0 aromatic heterocycles. The van der Waals surface area contributed by atoms with E-state index in [9.17, 15) is 4.79 Å². The summed E-state index contributed by atoms with van der Waals surface area (Å²) in [6.45, 7) is 5.42. The van der Waals surface area contributed by atoms with Crippen LogP contribution in [0.3, 0.4) is 0 Å². The van der Waals surface area contributed by atoms with Crippen LogP contribution in [0.5, 0.6) is 0 Å². The van der Waals surface area contributed by atoms with Gasteiger partial charge in [-0.15, -0.1) is 0 Å². The topological polar surface area (TPSA) is 50.3 Å². The van der Waals surface area contributed by atoms with Crippen LogP contribution in [0.2, 0.25) is 5.02 Å². The molecule has 142 valence electrons. The Kier molecular flexibility index (Phi) is 7.41. The fourth-order valence-electron chi connectivity index (χ4n) is 3.22. The van der Waals surface area contributed by atoms with Crippen LogP contribution >= 0.6 is 27.5 Å². The summed E-state index contributed by atoms with van der Waals surface area (Å²) in [4.78, 5) is 14.9. The smallest absolute Gasteiger partial charge is 0.295 e. The summed E-state index contributed by atoms with van der Waals surface area (Å²) < 4.78 is 1.02. The van der Waals surface area contributed by atoms with Crippen molar-refractivity contribution >= 4 is 39.7 Å². The van der Waals surface area contributed by atoms with Crippen LogP contribution in [0.1, 0.15) is 11.1 Å². The van der Waals surface area contributed by atoms with Gasteiger partial charge in [0.25, 0.3) is 5.91 Å². The maximum absolute atomic E-state index is 12.1. The molecule has 3 rings (SSSR count). The summed E-state index contributed by atoms with van der Waals surface area (Å²) in [5, 5.41) is 4.88. The number of quaternary nitrogens is 2. The van der Waals surface area contributed by atoms with Gasteiger partial charge in [-0.1, -0.05) is 57.9 Å². The zero-order valence-corrected chi connectivity index (χ0v) is 17.4. The van der Waals surface area contributed by atoms with E-state index in [-0.39, 0.29) is 5.91 Å². The van der Waals surface area contributed by atoms with E-state index >= 15 is 0 Å². The van der Waals surface area contributed by atoms with Gasteiger partial charge in [0.2, 0.25) is 0 Å². The molecule has 1 heterocycles. The molecule has 1 fully saturated rings. The van der Waals surface area contributed by atoms with Crippen LogP contribution in [0.15, 0.2) is 58.1 Å². The predicted octanol–water partition coefficient (Wildman–Crippen LogP) is 0.536. The van der Waals surface area contributed by atoms with E-state index in [2.05, 4.69) is 32.5 Å². The molecule has 0 unspecified atom stereocenters. The first-order valence-corrected chi connectivity index (χ1v) is 10.3. The number of benzene rings is 2. The molecule has 1 saturated heterocycles. The van der Waals surface area contributed by atoms with E-state index in [1.54, 1.807) is 6.21 Å². The maximum Gasteiger partial charge on any atom is 0.295 e. The lowest BCUT2D eigenvalue weighted by Crippen LogP contribution is -3.28. The lowest BCUT2D eigenvalue weighted by Gasteiger charge is -2.29. The fraction of sp³-hybridized carbons (Fsp3) is 0.300. The summed E-state index contributed by atoms with van der Waals surface area (Å²) >= 11 is 9.65. The van der Waals surface area contributed by atoms with Crippen molar-refractivity contribution in [1.82, 2.24) is 5.43 Å². The number of nitrogens with one attached hydrogen (secondary N) is 3. The van der Waals surface area contributed by atoms with Gasteiger partial charge in [0.05, 0.1) is 6.21 Å². The van der Waals surface area contributed by atoms with Crippen molar-refractivity contribution in [2.45, 2.75) is 6.54 Å². The Morgan fingerprint density at radius 3 is 2.44 bits per heavy atom. The predicted molar refractivity (Wildman–Crippen MR) is 111 cm³/mol. The highest BCUT2D eigenvalue weighted by molar-refractivity contribution is 9.10. The molecule has 2 aromatic carbocycles. The average molecular weight is 452 g/mol.